The zero-order valence-electron chi connectivity index (χ0n) is 77.5. The van der Waals surface area contributed by atoms with Crippen LogP contribution in [0.1, 0.15) is 197 Å². The predicted molar refractivity (Wildman–Crippen MR) is 474 cm³/mol. The smallest absolute Gasteiger partial charge is 0.328 e. The number of aliphatic hydroxyl groups excluding tert-OH is 3. The number of aliphatic hydroxyl groups is 3. The molecular formula is C80H134N24O34. The molecule has 0 spiro atoms. The Morgan fingerprint density at radius 3 is 0.862 bits per heavy atom. The van der Waals surface area contributed by atoms with Gasteiger partial charge in [-0.2, -0.15) is 0 Å². The number of amides is 19. The molecule has 0 aromatic carbocycles. The van der Waals surface area contributed by atoms with E-state index >= 15 is 0 Å². The van der Waals surface area contributed by atoms with Gasteiger partial charge in [0.2, 0.25) is 112 Å². The van der Waals surface area contributed by atoms with E-state index in [9.17, 15) is 161 Å². The van der Waals surface area contributed by atoms with Crippen LogP contribution < -0.4 is 125 Å². The number of hydrogen-bond acceptors (Lipinski definition) is 31. The topological polar surface area (TPSA) is 993 Å². The molecule has 0 saturated carbocycles. The number of primary amides is 3. The van der Waals surface area contributed by atoms with Crippen LogP contribution in [0.15, 0.2) is 0 Å². The number of carboxylic acids is 6. The quantitative estimate of drug-likeness (QED) is 0.0153. The Morgan fingerprint density at radius 1 is 0.290 bits per heavy atom. The lowest BCUT2D eigenvalue weighted by Crippen LogP contribution is -2.62. The molecule has 0 rings (SSSR count). The van der Waals surface area contributed by atoms with Crippen molar-refractivity contribution in [3.05, 3.63) is 0 Å². The van der Waals surface area contributed by atoms with E-state index < -0.39 is 390 Å². The first-order valence-corrected chi connectivity index (χ1v) is 43.9. The first-order valence-electron chi connectivity index (χ1n) is 43.9. The maximum absolute atomic E-state index is 14.7. The minimum absolute atomic E-state index is 0.0205. The second-order valence-electron chi connectivity index (χ2n) is 32.5. The van der Waals surface area contributed by atoms with Crippen LogP contribution in [-0.4, -0.2) is 335 Å². The van der Waals surface area contributed by atoms with E-state index in [1.165, 1.54) is 20.8 Å². The molecule has 58 heteroatoms. The molecule has 0 unspecified atom stereocenters. The molecule has 0 saturated heterocycles. The van der Waals surface area contributed by atoms with Crippen molar-refractivity contribution in [2.45, 2.75) is 312 Å². The number of carbonyl (C=O) groups is 25. The van der Waals surface area contributed by atoms with Crippen LogP contribution in [0.5, 0.6) is 0 Å². The maximum atomic E-state index is 14.7. The number of carboxylic acid groups (broad SMARTS) is 6. The number of aliphatic carboxylic acids is 6. The monoisotopic (exact) mass is 1970 g/mol. The Bertz CT molecular complexity index is 4270. The summed E-state index contributed by atoms with van der Waals surface area (Å²) in [5.41, 5.74) is 32.9. The average molecular weight is 1980 g/mol. The highest BCUT2D eigenvalue weighted by Gasteiger charge is 2.42. The summed E-state index contributed by atoms with van der Waals surface area (Å²) in [5, 5.41) is 134. The fourth-order valence-electron chi connectivity index (χ4n) is 12.5. The number of nitrogens with one attached hydrogen (secondary N) is 18. The number of carbonyl (C=O) groups excluding carboxylic acids is 19. The van der Waals surface area contributed by atoms with Crippen LogP contribution in [0.2, 0.25) is 0 Å². The van der Waals surface area contributed by atoms with E-state index in [2.05, 4.69) is 85.1 Å². The normalized spacial score (nSPS) is 15.6. The molecule has 778 valence electrons. The van der Waals surface area contributed by atoms with Gasteiger partial charge in [0.25, 0.3) is 0 Å². The SMILES string of the molecule is CC[C@H](C)[C@H](NC(=O)[C@H](C)NC(=O)[C@H](CCCCN)NC(=O)[C@H](CC(N)=O)NC(=O)[C@H](CO)NC(=O)[C@H](CCC(N)=O)NC(=O)[C@@H](N)CCC(=O)O)C(=O)N[C@@H](CCC(=O)O)C(=O)N[C@@H](CCC(=O)O)C(=O)N[C@H](C(=O)N[C@@H](CCCNC(=N)N)C(=O)N[C@@H](CCC(=O)O)C(=O)N[C@@H](C)C(=O)N[C@H](C(=O)N[C@@H](CCC(N)=O)C(=O)N[C@@H](CCC(=O)O)C(=O)N[C@H](C(=O)O)[C@@H](C)O)[C@@H](C)O)[C@@H](C)CC. The molecule has 0 fully saturated rings. The van der Waals surface area contributed by atoms with Gasteiger partial charge in [-0.25, -0.2) is 4.79 Å². The molecule has 0 aromatic heterocycles. The molecule has 0 aromatic rings. The Hall–Kier alpha value is -14.2. The summed E-state index contributed by atoms with van der Waals surface area (Å²) >= 11 is 0. The first kappa shape index (κ1) is 124. The molecule has 0 heterocycles. The van der Waals surface area contributed by atoms with Crippen molar-refractivity contribution >= 4 is 154 Å². The van der Waals surface area contributed by atoms with E-state index in [0.29, 0.717) is 0 Å². The zero-order chi connectivity index (χ0) is 106. The standard InChI is InChI=1S/C80H134N24O34/c1-9-34(3)59(101-63(121)36(5)89-66(124)41(14-11-12-30-81)92-74(132)49(32-53(85)110)99-75(133)50(33-105)100-71(129)43(17-23-51(83)108)91-65(123)40(82)16-25-54(111)112)76(134)97-46(20-27-56(115)116)70(128)94-47(21-28-57(117)118)72(130)102-60(35(4)10-2)77(135)96-42(15-13-31-88-80(86)87)68(126)93-45(19-26-55(113)114)67(125)90-37(6)64(122)103-61(38(7)106)78(136)98-44(18-24-52(84)109)69(127)95-48(22-29-58(119)120)73(131)104-62(39(8)107)79(137)138/h34-50,59-62,105-107H,9-33,81-82H2,1-8H3,(H2,83,108)(H2,84,109)(H2,85,110)(H,89,124)(H,90,125)(H,91,123)(H,92,132)(H,93,126)(H,94,128)(H,95,127)(H,96,135)(H,97,134)(H,98,136)(H,99,133)(H,100,129)(H,101,121)(H,102,130)(H,103,122)(H,104,131)(H,111,112)(H,113,114)(H,115,116)(H,117,118)(H,119,120)(H,137,138)(H4,86,87,88)/t34-,35-,36-,37-,38+,39+,40-,41-,42-,43-,44-,45-,46-,47-,48-,49-,50-,59-,60-,61-,62-/m0/s1. The van der Waals surface area contributed by atoms with E-state index in [1.54, 1.807) is 6.92 Å². The molecule has 21 atom stereocenters. The van der Waals surface area contributed by atoms with Crippen LogP contribution in [0.3, 0.4) is 0 Å². The fraction of sp³-hybridized carbons (Fsp3) is 0.675. The molecule has 0 aliphatic carbocycles. The molecule has 58 nitrogen and oxygen atoms in total. The molecule has 138 heavy (non-hydrogen) atoms. The Labute approximate surface area is 790 Å². The minimum atomic E-state index is -2.08. The van der Waals surface area contributed by atoms with Gasteiger partial charge >= 0.3 is 35.8 Å². The molecule has 0 aliphatic rings. The van der Waals surface area contributed by atoms with Crippen molar-refractivity contribution in [3.8, 4) is 0 Å². The van der Waals surface area contributed by atoms with E-state index in [1.807, 2.05) is 5.32 Å². The van der Waals surface area contributed by atoms with Crippen molar-refractivity contribution in [2.75, 3.05) is 19.7 Å². The van der Waals surface area contributed by atoms with Gasteiger partial charge in [-0.05, 0) is 123 Å². The highest BCUT2D eigenvalue weighted by molar-refractivity contribution is 6.02. The summed E-state index contributed by atoms with van der Waals surface area (Å²) in [6.07, 6.45) is -14.9. The number of unbranched alkanes of at least 4 members (excludes halogenated alkanes) is 1. The van der Waals surface area contributed by atoms with Crippen molar-refractivity contribution in [1.29, 1.82) is 5.41 Å². The van der Waals surface area contributed by atoms with Crippen LogP contribution in [0.25, 0.3) is 0 Å². The molecule has 39 N–H and O–H groups in total. The predicted octanol–water partition coefficient (Wildman–Crippen LogP) is -12.8. The Balaban J connectivity index is 7.34. The van der Waals surface area contributed by atoms with Gasteiger partial charge in [0.1, 0.15) is 90.6 Å². The summed E-state index contributed by atoms with van der Waals surface area (Å²) in [5.74, 6) is -34.9. The minimum Gasteiger partial charge on any atom is -0.481 e. The van der Waals surface area contributed by atoms with Gasteiger partial charge in [0.05, 0.1) is 31.3 Å². The second kappa shape index (κ2) is 64.0. The number of nitrogens with two attached hydrogens (primary N) is 6. The van der Waals surface area contributed by atoms with Gasteiger partial charge in [-0.15, -0.1) is 0 Å². The molecule has 19 amide bonds. The average Bonchev–Trinajstić information content (AvgIpc) is 0.844. The van der Waals surface area contributed by atoms with Crippen molar-refractivity contribution < 1.29 is 166 Å². The lowest BCUT2D eigenvalue weighted by atomic mass is 9.96. The van der Waals surface area contributed by atoms with Gasteiger partial charge in [0, 0.05) is 51.5 Å². The van der Waals surface area contributed by atoms with Crippen molar-refractivity contribution in [2.24, 2.45) is 46.2 Å². The highest BCUT2D eigenvalue weighted by atomic mass is 16.4. The van der Waals surface area contributed by atoms with Crippen molar-refractivity contribution in [3.63, 3.8) is 0 Å². The molecule has 0 radical (unpaired) electrons. The van der Waals surface area contributed by atoms with E-state index in [-0.39, 0.29) is 51.6 Å². The summed E-state index contributed by atoms with van der Waals surface area (Å²) in [6.45, 7) is 8.69. The molecule has 0 bridgehead atoms. The largest absolute Gasteiger partial charge is 0.481 e. The second-order valence-corrected chi connectivity index (χ2v) is 32.5. The zero-order valence-corrected chi connectivity index (χ0v) is 77.5. The van der Waals surface area contributed by atoms with Gasteiger partial charge < -0.3 is 171 Å². The summed E-state index contributed by atoms with van der Waals surface area (Å²) in [4.78, 5) is 331. The van der Waals surface area contributed by atoms with Gasteiger partial charge in [-0.1, -0.05) is 40.5 Å². The van der Waals surface area contributed by atoms with Crippen LogP contribution in [0.4, 0.5) is 0 Å². The molecule has 0 aliphatic heterocycles. The third kappa shape index (κ3) is 48.8. The summed E-state index contributed by atoms with van der Waals surface area (Å²) in [7, 11) is 0. The number of rotatable bonds is 71. The van der Waals surface area contributed by atoms with Gasteiger partial charge in [0.15, 0.2) is 12.0 Å². The summed E-state index contributed by atoms with van der Waals surface area (Å²) < 4.78 is 0. The lowest BCUT2D eigenvalue weighted by molar-refractivity contribution is -0.145. The van der Waals surface area contributed by atoms with E-state index in [0.717, 1.165) is 27.7 Å². The first-order chi connectivity index (χ1) is 64.4. The van der Waals surface area contributed by atoms with Crippen LogP contribution in [0, 0.1) is 17.2 Å². The number of hydrogen-bond donors (Lipinski definition) is 33. The van der Waals surface area contributed by atoms with Crippen LogP contribution in [-0.2, 0) is 120 Å². The fourth-order valence-corrected chi connectivity index (χ4v) is 12.5. The number of guanidine groups is 1. The van der Waals surface area contributed by atoms with E-state index in [4.69, 9.17) is 44.9 Å². The Morgan fingerprint density at radius 2 is 0.551 bits per heavy atom. The third-order valence-corrected chi connectivity index (χ3v) is 21.0. The molecular weight excluding hydrogens is 1840 g/mol. The highest BCUT2D eigenvalue weighted by Crippen LogP contribution is 2.17. The van der Waals surface area contributed by atoms with Crippen LogP contribution >= 0.6 is 0 Å². The maximum Gasteiger partial charge on any atom is 0.328 e. The third-order valence-electron chi connectivity index (χ3n) is 21.0. The van der Waals surface area contributed by atoms with Crippen molar-refractivity contribution in [1.82, 2.24) is 90.4 Å². The lowest BCUT2D eigenvalue weighted by Gasteiger charge is -2.30. The van der Waals surface area contributed by atoms with Gasteiger partial charge in [-0.3, -0.25) is 120 Å². The summed E-state index contributed by atoms with van der Waals surface area (Å²) in [6, 6.07) is -31.2. The Kier molecular flexibility index (Phi) is 57.4.